The van der Waals surface area contributed by atoms with Gasteiger partial charge in [-0.25, -0.2) is 9.97 Å². The van der Waals surface area contributed by atoms with Crippen LogP contribution in [0.4, 0.5) is 17.3 Å². The van der Waals surface area contributed by atoms with E-state index in [9.17, 15) is 0 Å². The maximum Gasteiger partial charge on any atom is 0.135 e. The molecule has 0 unspecified atom stereocenters. The van der Waals surface area contributed by atoms with Gasteiger partial charge in [0.05, 0.1) is 0 Å². The molecule has 1 fully saturated rings. The fourth-order valence-electron chi connectivity index (χ4n) is 2.63. The summed E-state index contributed by atoms with van der Waals surface area (Å²) in [4.78, 5) is 13.4. The highest BCUT2D eigenvalue weighted by molar-refractivity contribution is 5.63. The van der Waals surface area contributed by atoms with Crippen molar-refractivity contribution in [2.24, 2.45) is 0 Å². The van der Waals surface area contributed by atoms with Crippen LogP contribution in [0.5, 0.6) is 0 Å². The molecule has 5 heteroatoms. The van der Waals surface area contributed by atoms with E-state index in [1.807, 2.05) is 6.07 Å². The van der Waals surface area contributed by atoms with Crippen molar-refractivity contribution in [3.63, 3.8) is 0 Å². The van der Waals surface area contributed by atoms with E-state index < -0.39 is 0 Å². The van der Waals surface area contributed by atoms with Crippen molar-refractivity contribution >= 4 is 17.3 Å². The summed E-state index contributed by atoms with van der Waals surface area (Å²) in [5.74, 6) is 1.84. The molecule has 1 saturated heterocycles. The van der Waals surface area contributed by atoms with Crippen molar-refractivity contribution in [3.05, 3.63) is 41.7 Å². The van der Waals surface area contributed by atoms with Crippen LogP contribution in [0.2, 0.25) is 0 Å². The van der Waals surface area contributed by atoms with Gasteiger partial charge in [0.1, 0.15) is 18.0 Å². The lowest BCUT2D eigenvalue weighted by atomic mass is 10.1. The van der Waals surface area contributed by atoms with Crippen LogP contribution in [-0.4, -0.2) is 48.1 Å². The number of piperazine rings is 1. The molecule has 22 heavy (non-hydrogen) atoms. The molecule has 2 aromatic rings. The third-order valence-corrected chi connectivity index (χ3v) is 4.14. The first-order chi connectivity index (χ1) is 10.6. The van der Waals surface area contributed by atoms with Crippen LogP contribution in [0.15, 0.2) is 30.6 Å². The van der Waals surface area contributed by atoms with Gasteiger partial charge in [0, 0.05) is 37.9 Å². The van der Waals surface area contributed by atoms with Crippen LogP contribution < -0.4 is 10.2 Å². The maximum absolute atomic E-state index is 4.43. The summed E-state index contributed by atoms with van der Waals surface area (Å²) in [7, 11) is 2.16. The van der Waals surface area contributed by atoms with Gasteiger partial charge in [0.25, 0.3) is 0 Å². The van der Waals surface area contributed by atoms with Crippen LogP contribution in [0.1, 0.15) is 11.1 Å². The second-order valence-electron chi connectivity index (χ2n) is 6.00. The minimum Gasteiger partial charge on any atom is -0.354 e. The van der Waals surface area contributed by atoms with E-state index in [2.05, 4.69) is 64.2 Å². The van der Waals surface area contributed by atoms with Gasteiger partial charge in [-0.1, -0.05) is 12.1 Å². The SMILES string of the molecule is Cc1ccc(C)c(Nc2cc(N3CCN(C)CC3)ncn2)c1. The molecule has 0 spiro atoms. The van der Waals surface area contributed by atoms with Gasteiger partial charge in [-0.3, -0.25) is 0 Å². The summed E-state index contributed by atoms with van der Waals surface area (Å²) in [6, 6.07) is 8.43. The summed E-state index contributed by atoms with van der Waals surface area (Å²) < 4.78 is 0. The number of anilines is 3. The standard InChI is InChI=1S/C17H23N5/c1-13-4-5-14(2)15(10-13)20-16-11-17(19-12-18-16)22-8-6-21(3)7-9-22/h4-5,10-12H,6-9H2,1-3H3,(H,18,19,20). The molecule has 0 radical (unpaired) electrons. The first-order valence-corrected chi connectivity index (χ1v) is 7.71. The molecule has 1 aliphatic heterocycles. The summed E-state index contributed by atoms with van der Waals surface area (Å²) >= 11 is 0. The molecule has 1 N–H and O–H groups in total. The molecule has 2 heterocycles. The van der Waals surface area contributed by atoms with E-state index in [1.54, 1.807) is 6.33 Å². The lowest BCUT2D eigenvalue weighted by Gasteiger charge is -2.33. The summed E-state index contributed by atoms with van der Waals surface area (Å²) in [5, 5.41) is 3.41. The van der Waals surface area contributed by atoms with E-state index in [0.29, 0.717) is 0 Å². The maximum atomic E-state index is 4.43. The van der Waals surface area contributed by atoms with Gasteiger partial charge in [0.15, 0.2) is 0 Å². The van der Waals surface area contributed by atoms with Gasteiger partial charge in [-0.2, -0.15) is 0 Å². The molecular formula is C17H23N5. The minimum absolute atomic E-state index is 0.845. The molecule has 0 saturated carbocycles. The van der Waals surface area contributed by atoms with Crippen molar-refractivity contribution in [1.29, 1.82) is 0 Å². The van der Waals surface area contributed by atoms with E-state index in [0.717, 1.165) is 43.5 Å². The summed E-state index contributed by atoms with van der Waals surface area (Å²) in [6.45, 7) is 8.37. The molecule has 0 bridgehead atoms. The molecule has 116 valence electrons. The van der Waals surface area contributed by atoms with E-state index in [4.69, 9.17) is 0 Å². The Balaban J connectivity index is 1.78. The van der Waals surface area contributed by atoms with Crippen molar-refractivity contribution < 1.29 is 0 Å². The zero-order valence-corrected chi connectivity index (χ0v) is 13.5. The van der Waals surface area contributed by atoms with Gasteiger partial charge >= 0.3 is 0 Å². The number of aromatic nitrogens is 2. The van der Waals surface area contributed by atoms with Gasteiger partial charge in [0.2, 0.25) is 0 Å². The quantitative estimate of drug-likeness (QED) is 0.943. The Kier molecular flexibility index (Phi) is 4.24. The number of hydrogen-bond acceptors (Lipinski definition) is 5. The molecule has 1 aromatic heterocycles. The third-order valence-electron chi connectivity index (χ3n) is 4.14. The molecule has 0 aliphatic carbocycles. The normalized spacial score (nSPS) is 15.9. The molecule has 0 amide bonds. The first kappa shape index (κ1) is 14.8. The molecule has 5 nitrogen and oxygen atoms in total. The second-order valence-corrected chi connectivity index (χ2v) is 6.00. The van der Waals surface area contributed by atoms with Crippen molar-refractivity contribution in [1.82, 2.24) is 14.9 Å². The number of aryl methyl sites for hydroxylation is 2. The third kappa shape index (κ3) is 3.36. The minimum atomic E-state index is 0.845. The number of likely N-dealkylation sites (N-methyl/N-ethyl adjacent to an activating group) is 1. The van der Waals surface area contributed by atoms with Crippen molar-refractivity contribution in [2.75, 3.05) is 43.4 Å². The van der Waals surface area contributed by atoms with Gasteiger partial charge in [-0.05, 0) is 38.1 Å². The van der Waals surface area contributed by atoms with E-state index in [1.165, 1.54) is 11.1 Å². The molecule has 0 atom stereocenters. The fourth-order valence-corrected chi connectivity index (χ4v) is 2.63. The average molecular weight is 297 g/mol. The van der Waals surface area contributed by atoms with Crippen LogP contribution in [-0.2, 0) is 0 Å². The Morgan fingerprint density at radius 3 is 2.55 bits per heavy atom. The zero-order chi connectivity index (χ0) is 15.5. The van der Waals surface area contributed by atoms with Crippen molar-refractivity contribution in [3.8, 4) is 0 Å². The lowest BCUT2D eigenvalue weighted by Crippen LogP contribution is -2.44. The molecule has 1 aromatic carbocycles. The monoisotopic (exact) mass is 297 g/mol. The zero-order valence-electron chi connectivity index (χ0n) is 13.5. The number of nitrogens with zero attached hydrogens (tertiary/aromatic N) is 4. The van der Waals surface area contributed by atoms with Crippen LogP contribution in [0.25, 0.3) is 0 Å². The van der Waals surface area contributed by atoms with Gasteiger partial charge < -0.3 is 15.1 Å². The summed E-state index contributed by atoms with van der Waals surface area (Å²) in [5.41, 5.74) is 3.55. The molecule has 3 rings (SSSR count). The Hall–Kier alpha value is -2.14. The number of benzene rings is 1. The van der Waals surface area contributed by atoms with Gasteiger partial charge in [-0.15, -0.1) is 0 Å². The molecular weight excluding hydrogens is 274 g/mol. The fraction of sp³-hybridized carbons (Fsp3) is 0.412. The van der Waals surface area contributed by atoms with Crippen LogP contribution >= 0.6 is 0 Å². The lowest BCUT2D eigenvalue weighted by molar-refractivity contribution is 0.312. The number of hydrogen-bond donors (Lipinski definition) is 1. The number of nitrogens with one attached hydrogen (secondary N) is 1. The predicted molar refractivity (Wildman–Crippen MR) is 90.9 cm³/mol. The Morgan fingerprint density at radius 2 is 1.77 bits per heavy atom. The smallest absolute Gasteiger partial charge is 0.135 e. The van der Waals surface area contributed by atoms with Crippen LogP contribution in [0.3, 0.4) is 0 Å². The summed E-state index contributed by atoms with van der Waals surface area (Å²) in [6.07, 6.45) is 1.64. The van der Waals surface area contributed by atoms with E-state index >= 15 is 0 Å². The second kappa shape index (κ2) is 6.32. The highest BCUT2D eigenvalue weighted by Gasteiger charge is 2.15. The Morgan fingerprint density at radius 1 is 1.00 bits per heavy atom. The first-order valence-electron chi connectivity index (χ1n) is 7.71. The predicted octanol–water partition coefficient (Wildman–Crippen LogP) is 2.59. The largest absolute Gasteiger partial charge is 0.354 e. The molecule has 1 aliphatic rings. The Labute approximate surface area is 132 Å². The average Bonchev–Trinajstić information content (AvgIpc) is 2.52. The van der Waals surface area contributed by atoms with Crippen molar-refractivity contribution in [2.45, 2.75) is 13.8 Å². The van der Waals surface area contributed by atoms with E-state index in [-0.39, 0.29) is 0 Å². The highest BCUT2D eigenvalue weighted by atomic mass is 15.3. The highest BCUT2D eigenvalue weighted by Crippen LogP contribution is 2.22. The Bertz CT molecular complexity index is 647. The topological polar surface area (TPSA) is 44.3 Å². The van der Waals surface area contributed by atoms with Crippen LogP contribution in [0, 0.1) is 13.8 Å². The number of rotatable bonds is 3.